The van der Waals surface area contributed by atoms with Gasteiger partial charge in [-0.2, -0.15) is 0 Å². The topological polar surface area (TPSA) is 36.6 Å². The predicted molar refractivity (Wildman–Crippen MR) is 58.9 cm³/mol. The molecule has 0 saturated carbocycles. The summed E-state index contributed by atoms with van der Waals surface area (Å²) in [4.78, 5) is 2.01. The van der Waals surface area contributed by atoms with Gasteiger partial charge in [0.25, 0.3) is 0 Å². The minimum Gasteiger partial charge on any atom is -0.468 e. The molecule has 1 aromatic heterocycles. The molecular weight excluding hydrogens is 209 g/mol. The third kappa shape index (κ3) is 2.44. The van der Waals surface area contributed by atoms with Crippen LogP contribution in [0.25, 0.3) is 0 Å². The van der Waals surface area contributed by atoms with Gasteiger partial charge in [0.2, 0.25) is 0 Å². The molecule has 0 radical (unpaired) electrons. The molecule has 0 spiro atoms. The van der Waals surface area contributed by atoms with Gasteiger partial charge < -0.3 is 9.52 Å². The summed E-state index contributed by atoms with van der Waals surface area (Å²) >= 11 is 0. The van der Waals surface area contributed by atoms with E-state index in [2.05, 4.69) is 0 Å². The Bertz CT molecular complexity index is 353. The van der Waals surface area contributed by atoms with Crippen molar-refractivity contribution in [3.63, 3.8) is 0 Å². The van der Waals surface area contributed by atoms with Crippen LogP contribution in [-0.4, -0.2) is 35.4 Å². The highest BCUT2D eigenvalue weighted by atomic mass is 19.1. The number of rotatable bonds is 3. The largest absolute Gasteiger partial charge is 0.468 e. The van der Waals surface area contributed by atoms with Gasteiger partial charge in [-0.25, -0.2) is 4.39 Å². The van der Waals surface area contributed by atoms with Crippen LogP contribution in [-0.2, 0) is 6.54 Å². The van der Waals surface area contributed by atoms with Crippen LogP contribution in [0.5, 0.6) is 0 Å². The Balaban J connectivity index is 1.98. The van der Waals surface area contributed by atoms with E-state index in [-0.39, 0.29) is 6.61 Å². The van der Waals surface area contributed by atoms with E-state index in [4.69, 9.17) is 9.52 Å². The number of aliphatic hydroxyl groups excluding tert-OH is 1. The van der Waals surface area contributed by atoms with Crippen molar-refractivity contribution in [2.45, 2.75) is 32.0 Å². The summed E-state index contributed by atoms with van der Waals surface area (Å²) in [5.41, 5.74) is -0.335. The summed E-state index contributed by atoms with van der Waals surface area (Å²) in [6.07, 6.45) is 2.90. The first-order valence-corrected chi connectivity index (χ1v) is 5.68. The number of aryl methyl sites for hydroxylation is 1. The molecule has 2 rings (SSSR count). The van der Waals surface area contributed by atoms with Gasteiger partial charge in [-0.15, -0.1) is 0 Å². The van der Waals surface area contributed by atoms with Gasteiger partial charge in [-0.05, 0) is 37.9 Å². The zero-order valence-corrected chi connectivity index (χ0v) is 9.58. The Morgan fingerprint density at radius 2 is 2.44 bits per heavy atom. The molecule has 0 amide bonds. The van der Waals surface area contributed by atoms with Crippen LogP contribution in [0, 0.1) is 6.92 Å². The standard InChI is InChI=1S/C12H18FNO2/c1-10-3-6-16-11(10)7-14-5-2-4-12(13,8-14)9-15/h3,6,15H,2,4-5,7-9H2,1H3/t12-/m1/s1. The normalized spacial score (nSPS) is 27.2. The van der Waals surface area contributed by atoms with E-state index >= 15 is 0 Å². The lowest BCUT2D eigenvalue weighted by Gasteiger charge is -2.35. The van der Waals surface area contributed by atoms with Crippen LogP contribution in [0.15, 0.2) is 16.7 Å². The van der Waals surface area contributed by atoms with Crippen molar-refractivity contribution in [2.24, 2.45) is 0 Å². The maximum Gasteiger partial charge on any atom is 0.146 e. The van der Waals surface area contributed by atoms with Crippen LogP contribution >= 0.6 is 0 Å². The average molecular weight is 227 g/mol. The molecule has 1 fully saturated rings. The van der Waals surface area contributed by atoms with Crippen molar-refractivity contribution in [1.29, 1.82) is 0 Å². The molecular formula is C12H18FNO2. The molecule has 0 unspecified atom stereocenters. The van der Waals surface area contributed by atoms with Crippen molar-refractivity contribution in [1.82, 2.24) is 4.90 Å². The maximum absolute atomic E-state index is 14.0. The first-order valence-electron chi connectivity index (χ1n) is 5.68. The van der Waals surface area contributed by atoms with E-state index in [1.54, 1.807) is 6.26 Å². The molecule has 3 nitrogen and oxygen atoms in total. The minimum absolute atomic E-state index is 0.295. The van der Waals surface area contributed by atoms with Crippen LogP contribution in [0.1, 0.15) is 24.2 Å². The van der Waals surface area contributed by atoms with Gasteiger partial charge in [-0.3, -0.25) is 4.90 Å². The number of aliphatic hydroxyl groups is 1. The third-order valence-corrected chi connectivity index (χ3v) is 3.22. The second kappa shape index (κ2) is 4.55. The van der Waals surface area contributed by atoms with E-state index in [0.29, 0.717) is 19.5 Å². The van der Waals surface area contributed by atoms with Crippen molar-refractivity contribution in [3.05, 3.63) is 23.7 Å². The van der Waals surface area contributed by atoms with E-state index < -0.39 is 5.67 Å². The van der Waals surface area contributed by atoms with Crippen LogP contribution in [0.2, 0.25) is 0 Å². The van der Waals surface area contributed by atoms with Crippen molar-refractivity contribution in [2.75, 3.05) is 19.7 Å². The number of nitrogens with zero attached hydrogens (tertiary/aromatic N) is 1. The lowest BCUT2D eigenvalue weighted by molar-refractivity contribution is -0.00576. The molecule has 2 heterocycles. The molecule has 1 aliphatic rings. The molecule has 1 aromatic rings. The maximum atomic E-state index is 14.0. The van der Waals surface area contributed by atoms with Gasteiger partial charge in [0.05, 0.1) is 19.4 Å². The van der Waals surface area contributed by atoms with E-state index in [0.717, 1.165) is 24.3 Å². The number of hydrogen-bond donors (Lipinski definition) is 1. The quantitative estimate of drug-likeness (QED) is 0.856. The van der Waals surface area contributed by atoms with E-state index in [1.165, 1.54) is 0 Å². The van der Waals surface area contributed by atoms with Crippen molar-refractivity contribution < 1.29 is 13.9 Å². The third-order valence-electron chi connectivity index (χ3n) is 3.22. The average Bonchev–Trinajstić information content (AvgIpc) is 2.65. The summed E-state index contributed by atoms with van der Waals surface area (Å²) in [6, 6.07) is 1.91. The summed E-state index contributed by atoms with van der Waals surface area (Å²) in [5, 5.41) is 9.02. The fourth-order valence-electron chi connectivity index (χ4n) is 2.21. The van der Waals surface area contributed by atoms with E-state index in [1.807, 2.05) is 17.9 Å². The molecule has 4 heteroatoms. The van der Waals surface area contributed by atoms with Crippen molar-refractivity contribution >= 4 is 0 Å². The van der Waals surface area contributed by atoms with Crippen molar-refractivity contribution in [3.8, 4) is 0 Å². The second-order valence-corrected chi connectivity index (χ2v) is 4.65. The Morgan fingerprint density at radius 3 is 3.06 bits per heavy atom. The molecule has 1 aliphatic heterocycles. The number of furan rings is 1. The Labute approximate surface area is 94.9 Å². The fraction of sp³-hybridized carbons (Fsp3) is 0.667. The summed E-state index contributed by atoms with van der Waals surface area (Å²) < 4.78 is 19.3. The molecule has 1 atom stereocenters. The molecule has 0 aromatic carbocycles. The Kier molecular flexibility index (Phi) is 3.30. The van der Waals surface area contributed by atoms with Gasteiger partial charge in [0.1, 0.15) is 11.4 Å². The first kappa shape index (κ1) is 11.6. The summed E-state index contributed by atoms with van der Waals surface area (Å²) in [5.74, 6) is 0.891. The molecule has 90 valence electrons. The number of hydrogen-bond acceptors (Lipinski definition) is 3. The van der Waals surface area contributed by atoms with Gasteiger partial charge in [0, 0.05) is 6.54 Å². The Morgan fingerprint density at radius 1 is 1.62 bits per heavy atom. The highest BCUT2D eigenvalue weighted by Crippen LogP contribution is 2.26. The smallest absolute Gasteiger partial charge is 0.146 e. The minimum atomic E-state index is -1.43. The SMILES string of the molecule is Cc1ccoc1CN1CCC[C@](F)(CO)C1. The Hall–Kier alpha value is -0.870. The lowest BCUT2D eigenvalue weighted by atomic mass is 9.95. The molecule has 16 heavy (non-hydrogen) atoms. The number of piperidine rings is 1. The highest BCUT2D eigenvalue weighted by molar-refractivity contribution is 5.14. The van der Waals surface area contributed by atoms with E-state index in [9.17, 15) is 4.39 Å². The second-order valence-electron chi connectivity index (χ2n) is 4.65. The summed E-state index contributed by atoms with van der Waals surface area (Å²) in [7, 11) is 0. The van der Waals surface area contributed by atoms with Crippen LogP contribution < -0.4 is 0 Å². The molecule has 1 N–H and O–H groups in total. The van der Waals surface area contributed by atoms with Crippen LogP contribution in [0.3, 0.4) is 0 Å². The van der Waals surface area contributed by atoms with Crippen LogP contribution in [0.4, 0.5) is 4.39 Å². The summed E-state index contributed by atoms with van der Waals surface area (Å²) in [6.45, 7) is 3.39. The molecule has 0 aliphatic carbocycles. The van der Waals surface area contributed by atoms with Gasteiger partial charge in [0.15, 0.2) is 0 Å². The lowest BCUT2D eigenvalue weighted by Crippen LogP contribution is -2.47. The van der Waals surface area contributed by atoms with Gasteiger partial charge >= 0.3 is 0 Å². The number of likely N-dealkylation sites (tertiary alicyclic amines) is 1. The number of halogens is 1. The zero-order valence-electron chi connectivity index (χ0n) is 9.58. The molecule has 0 bridgehead atoms. The molecule has 1 saturated heterocycles. The fourth-order valence-corrected chi connectivity index (χ4v) is 2.21. The van der Waals surface area contributed by atoms with Gasteiger partial charge in [-0.1, -0.05) is 0 Å². The zero-order chi connectivity index (χ0) is 11.6. The number of alkyl halides is 1. The predicted octanol–water partition coefficient (Wildman–Crippen LogP) is 1.88. The monoisotopic (exact) mass is 227 g/mol. The first-order chi connectivity index (χ1) is 7.63. The highest BCUT2D eigenvalue weighted by Gasteiger charge is 2.35.